The highest BCUT2D eigenvalue weighted by Gasteiger charge is 2.45. The van der Waals surface area contributed by atoms with Gasteiger partial charge in [0.05, 0.1) is 28.3 Å². The number of amides is 3. The third-order valence-electron chi connectivity index (χ3n) is 9.95. The Morgan fingerprint density at radius 2 is 1.75 bits per heavy atom. The molecule has 17 heteroatoms. The Morgan fingerprint density at radius 1 is 1.05 bits per heavy atom. The second-order valence-corrected chi connectivity index (χ2v) is 19.8. The van der Waals surface area contributed by atoms with Gasteiger partial charge >= 0.3 is 12.1 Å². The van der Waals surface area contributed by atoms with Crippen LogP contribution in [0.15, 0.2) is 36.4 Å². The molecular formula is C42H58Cl3N5O9. The predicted octanol–water partition coefficient (Wildman–Crippen LogP) is 6.93. The number of hydrazine groups is 1. The molecule has 1 aromatic heterocycles. The second kappa shape index (κ2) is 19.9. The normalized spacial score (nSPS) is 21.4. The monoisotopic (exact) mass is 881 g/mol. The van der Waals surface area contributed by atoms with E-state index >= 15 is 0 Å². The highest BCUT2D eigenvalue weighted by atomic mass is 35.6. The highest BCUT2D eigenvalue weighted by molar-refractivity contribution is 6.67. The summed E-state index contributed by atoms with van der Waals surface area (Å²) < 4.78 is 20.8. The van der Waals surface area contributed by atoms with Crippen molar-refractivity contribution >= 4 is 81.4 Å². The predicted molar refractivity (Wildman–Crippen MR) is 227 cm³/mol. The van der Waals surface area contributed by atoms with Crippen molar-refractivity contribution in [2.45, 2.75) is 127 Å². The average Bonchev–Trinajstić information content (AvgIpc) is 3.13. The SMILES string of the molecule is CC(C)[C@H](OCC(=O)C1(/C=C/c2ccc3ccc([C@@H](C)NC(=O)OC(C)(C)C)nc3c2)CCOC(C)(C)C1)C(=O)N[C@@H](C)C(=O)N1CCC[C@@H](C(=O)OCC(Cl)(Cl)Cl)N1. The fourth-order valence-electron chi connectivity index (χ4n) is 7.03. The Hall–Kier alpha value is -3.53. The number of fused-ring (bicyclic) bond motifs is 1. The number of pyridine rings is 1. The van der Waals surface area contributed by atoms with Crippen LogP contribution in [0.25, 0.3) is 17.0 Å². The van der Waals surface area contributed by atoms with Crippen LogP contribution in [0.3, 0.4) is 0 Å². The fraction of sp³-hybridized carbons (Fsp3) is 0.619. The average molecular weight is 883 g/mol. The van der Waals surface area contributed by atoms with E-state index in [2.05, 4.69) is 16.1 Å². The Labute approximate surface area is 361 Å². The first-order valence-corrected chi connectivity index (χ1v) is 21.0. The largest absolute Gasteiger partial charge is 0.460 e. The van der Waals surface area contributed by atoms with Gasteiger partial charge in [-0.2, -0.15) is 0 Å². The van der Waals surface area contributed by atoms with Crippen LogP contribution in [0.1, 0.15) is 105 Å². The smallest absolute Gasteiger partial charge is 0.408 e. The van der Waals surface area contributed by atoms with Crippen molar-refractivity contribution < 1.29 is 42.9 Å². The number of Topliss-reactive ketones (excluding diaryl/α,β-unsaturated/α-hetero) is 1. The number of rotatable bonds is 14. The molecule has 0 aliphatic carbocycles. The number of aromatic nitrogens is 1. The van der Waals surface area contributed by atoms with Crippen LogP contribution in [0.4, 0.5) is 4.79 Å². The van der Waals surface area contributed by atoms with Crippen molar-refractivity contribution in [1.29, 1.82) is 0 Å². The fourth-order valence-corrected chi connectivity index (χ4v) is 7.19. The Kier molecular flexibility index (Phi) is 16.2. The molecule has 0 saturated carbocycles. The van der Waals surface area contributed by atoms with E-state index in [-0.39, 0.29) is 18.3 Å². The number of ether oxygens (including phenoxy) is 4. The summed E-state index contributed by atoms with van der Waals surface area (Å²) in [6.07, 6.45) is 3.91. The van der Waals surface area contributed by atoms with Crippen molar-refractivity contribution in [2.24, 2.45) is 11.3 Å². The van der Waals surface area contributed by atoms with Crippen LogP contribution in [-0.2, 0) is 38.1 Å². The summed E-state index contributed by atoms with van der Waals surface area (Å²) in [6, 6.07) is 7.38. The maximum Gasteiger partial charge on any atom is 0.408 e. The van der Waals surface area contributed by atoms with Crippen molar-refractivity contribution in [2.75, 3.05) is 26.4 Å². The van der Waals surface area contributed by atoms with Crippen molar-refractivity contribution in [1.82, 2.24) is 26.1 Å². The molecule has 0 bridgehead atoms. The summed E-state index contributed by atoms with van der Waals surface area (Å²) in [6.45, 7) is 16.1. The van der Waals surface area contributed by atoms with Gasteiger partial charge in [0.15, 0.2) is 5.78 Å². The molecule has 59 heavy (non-hydrogen) atoms. The maximum atomic E-state index is 14.3. The van der Waals surface area contributed by atoms with Gasteiger partial charge in [0.25, 0.3) is 5.91 Å². The molecule has 2 aliphatic rings. The third kappa shape index (κ3) is 14.3. The number of esters is 1. The summed E-state index contributed by atoms with van der Waals surface area (Å²) in [5.41, 5.74) is 2.84. The van der Waals surface area contributed by atoms with Crippen LogP contribution in [0.5, 0.6) is 0 Å². The maximum absolute atomic E-state index is 14.3. The standard InChI is InChI=1S/C42H58Cl3N5O9/c1-25(2)34(35(52)46-27(4)36(53)50-19-10-11-31(49-50)37(54)57-24-42(43,44)45)56-22-33(51)41(18-20-58-40(8,9)23-41)17-16-28-12-13-29-14-15-30(48-32(29)21-28)26(3)47-38(55)59-39(5,6)7/h12-17,21,25-27,31,34,49H,10-11,18-20,22-24H2,1-9H3,(H,46,52)(H,47,55)/b17-16+/t26-,27+,31+,34+,41?/m1/s1. The van der Waals surface area contributed by atoms with Gasteiger partial charge in [0, 0.05) is 18.5 Å². The van der Waals surface area contributed by atoms with E-state index in [9.17, 15) is 24.0 Å². The van der Waals surface area contributed by atoms with E-state index < -0.39 is 75.1 Å². The Balaban J connectivity index is 1.44. The molecule has 3 N–H and O–H groups in total. The molecule has 0 spiro atoms. The minimum atomic E-state index is -1.77. The van der Waals surface area contributed by atoms with Crippen LogP contribution in [0, 0.1) is 11.3 Å². The highest BCUT2D eigenvalue weighted by Crippen LogP contribution is 2.42. The van der Waals surface area contributed by atoms with E-state index in [0.717, 1.165) is 10.9 Å². The first kappa shape index (κ1) is 48.1. The van der Waals surface area contributed by atoms with E-state index in [1.165, 1.54) is 11.9 Å². The summed E-state index contributed by atoms with van der Waals surface area (Å²) in [4.78, 5) is 70.9. The van der Waals surface area contributed by atoms with Gasteiger partial charge in [-0.1, -0.05) is 79.0 Å². The zero-order valence-corrected chi connectivity index (χ0v) is 37.6. The molecule has 14 nitrogen and oxygen atoms in total. The first-order valence-electron chi connectivity index (χ1n) is 19.9. The minimum Gasteiger partial charge on any atom is -0.460 e. The molecule has 1 unspecified atom stereocenters. The van der Waals surface area contributed by atoms with Gasteiger partial charge in [-0.25, -0.2) is 10.2 Å². The summed E-state index contributed by atoms with van der Waals surface area (Å²) in [5, 5.41) is 7.73. The van der Waals surface area contributed by atoms with E-state index in [0.29, 0.717) is 50.0 Å². The molecule has 2 saturated heterocycles. The molecule has 5 atom stereocenters. The minimum absolute atomic E-state index is 0.207. The van der Waals surface area contributed by atoms with Crippen LogP contribution in [0.2, 0.25) is 0 Å². The molecule has 2 aromatic rings. The molecule has 326 valence electrons. The van der Waals surface area contributed by atoms with Gasteiger partial charge in [0.1, 0.15) is 37.0 Å². The Bertz CT molecular complexity index is 1880. The molecule has 3 heterocycles. The van der Waals surface area contributed by atoms with Crippen molar-refractivity contribution in [3.05, 3.63) is 47.7 Å². The molecule has 1 aromatic carbocycles. The van der Waals surface area contributed by atoms with Crippen LogP contribution in [-0.4, -0.2) is 99.2 Å². The lowest BCUT2D eigenvalue weighted by molar-refractivity contribution is -0.155. The zero-order chi connectivity index (χ0) is 43.9. The van der Waals surface area contributed by atoms with Crippen LogP contribution >= 0.6 is 34.8 Å². The van der Waals surface area contributed by atoms with Gasteiger partial charge in [0.2, 0.25) is 9.70 Å². The summed E-state index contributed by atoms with van der Waals surface area (Å²) in [5.74, 6) is -2.25. The number of halogens is 3. The number of alkyl carbamates (subject to hydrolysis) is 1. The van der Waals surface area contributed by atoms with Gasteiger partial charge in [-0.05, 0) is 97.8 Å². The van der Waals surface area contributed by atoms with Crippen molar-refractivity contribution in [3.8, 4) is 0 Å². The molecule has 2 fully saturated rings. The van der Waals surface area contributed by atoms with E-state index in [4.69, 9.17) is 58.7 Å². The molecule has 0 radical (unpaired) electrons. The number of hydrogen-bond acceptors (Lipinski definition) is 11. The zero-order valence-electron chi connectivity index (χ0n) is 35.3. The van der Waals surface area contributed by atoms with E-state index in [1.807, 2.05) is 63.3 Å². The molecule has 3 amide bonds. The van der Waals surface area contributed by atoms with Gasteiger partial charge < -0.3 is 29.6 Å². The lowest BCUT2D eigenvalue weighted by Crippen LogP contribution is -2.60. The number of allylic oxidation sites excluding steroid dienone is 1. The third-order valence-corrected chi connectivity index (χ3v) is 10.3. The molecular weight excluding hydrogens is 825 g/mol. The number of nitrogens with zero attached hydrogens (tertiary/aromatic N) is 2. The van der Waals surface area contributed by atoms with Crippen LogP contribution < -0.4 is 16.1 Å². The molecule has 2 aliphatic heterocycles. The number of nitrogens with one attached hydrogen (secondary N) is 3. The van der Waals surface area contributed by atoms with Gasteiger partial charge in [-0.15, -0.1) is 0 Å². The topological polar surface area (TPSA) is 174 Å². The second-order valence-electron chi connectivity index (χ2n) is 17.2. The summed E-state index contributed by atoms with van der Waals surface area (Å²) >= 11 is 17.1. The number of carbonyl (C=O) groups excluding carboxylic acids is 5. The Morgan fingerprint density at radius 3 is 2.39 bits per heavy atom. The number of hydrogen-bond donors (Lipinski definition) is 3. The van der Waals surface area contributed by atoms with Crippen molar-refractivity contribution in [3.63, 3.8) is 0 Å². The quantitative estimate of drug-likeness (QED) is 0.133. The van der Waals surface area contributed by atoms with E-state index in [1.54, 1.807) is 34.6 Å². The molecule has 4 rings (SSSR count). The number of carbonyl (C=O) groups is 5. The number of alkyl halides is 3. The lowest BCUT2D eigenvalue weighted by atomic mass is 9.70. The van der Waals surface area contributed by atoms with Gasteiger partial charge in [-0.3, -0.25) is 29.2 Å². The number of benzene rings is 1. The first-order chi connectivity index (χ1) is 27.4. The summed E-state index contributed by atoms with van der Waals surface area (Å²) in [7, 11) is 0. The number of ketones is 1. The lowest BCUT2D eigenvalue weighted by Gasteiger charge is -2.42.